The Morgan fingerprint density at radius 3 is 2.49 bits per heavy atom. The highest BCUT2D eigenvalue weighted by molar-refractivity contribution is 9.10. The van der Waals surface area contributed by atoms with Gasteiger partial charge < -0.3 is 15.0 Å². The minimum Gasteiger partial charge on any atom is -0.483 e. The smallest absolute Gasteiger partial charge is 0.305 e. The van der Waals surface area contributed by atoms with Crippen molar-refractivity contribution in [3.63, 3.8) is 0 Å². The number of nitrogens with zero attached hydrogens (tertiary/aromatic N) is 1. The molecule has 8 nitrogen and oxygen atoms in total. The monoisotopic (exact) mass is 705 g/mol. The van der Waals surface area contributed by atoms with Gasteiger partial charge in [-0.25, -0.2) is 4.39 Å². The van der Waals surface area contributed by atoms with Gasteiger partial charge in [0.15, 0.2) is 6.61 Å². The topological polar surface area (TPSA) is 109 Å². The van der Waals surface area contributed by atoms with E-state index in [1.165, 1.54) is 29.2 Å². The zero-order valence-corrected chi connectivity index (χ0v) is 26.7. The molecular weight excluding hydrogens is 681 g/mol. The van der Waals surface area contributed by atoms with Gasteiger partial charge in [0, 0.05) is 31.8 Å². The molecule has 12 heteroatoms. The number of thioether (sulfide) groups is 1. The fourth-order valence-electron chi connectivity index (χ4n) is 7.97. The summed E-state index contributed by atoms with van der Waals surface area (Å²) in [6.07, 6.45) is 0.728. The third kappa shape index (κ3) is 4.68. The van der Waals surface area contributed by atoms with Gasteiger partial charge in [-0.05, 0) is 78.8 Å². The second-order valence-corrected chi connectivity index (χ2v) is 15.0. The van der Waals surface area contributed by atoms with Crippen LogP contribution in [0.1, 0.15) is 22.8 Å². The Hall–Kier alpha value is -3.74. The van der Waals surface area contributed by atoms with Crippen LogP contribution in [0.25, 0.3) is 0 Å². The number of H-pyrrole nitrogens is 1. The number of carbonyl (C=O) groups is 3. The van der Waals surface area contributed by atoms with Crippen molar-refractivity contribution >= 4 is 68.1 Å². The number of rotatable bonds is 6. The van der Waals surface area contributed by atoms with Gasteiger partial charge in [-0.2, -0.15) is 0 Å². The second-order valence-electron chi connectivity index (χ2n) is 11.8. The van der Waals surface area contributed by atoms with Crippen LogP contribution in [0.4, 0.5) is 15.8 Å². The summed E-state index contributed by atoms with van der Waals surface area (Å²) in [6, 6.07) is 20.2. The molecule has 3 heterocycles. The average Bonchev–Trinajstić information content (AvgIpc) is 3.76. The number of ether oxygens (including phenoxy) is 1. The minimum absolute atomic E-state index is 0.0165. The number of benzene rings is 3. The second kappa shape index (κ2) is 11.0. The summed E-state index contributed by atoms with van der Waals surface area (Å²) >= 11 is 6.36. The van der Waals surface area contributed by atoms with Crippen LogP contribution in [0.5, 0.6) is 5.75 Å². The Bertz CT molecular complexity index is 1920. The third-order valence-electron chi connectivity index (χ3n) is 9.53. The molecule has 45 heavy (non-hydrogen) atoms. The van der Waals surface area contributed by atoms with Gasteiger partial charge in [0.05, 0.1) is 22.5 Å². The van der Waals surface area contributed by atoms with E-state index in [0.717, 1.165) is 37.7 Å². The first-order chi connectivity index (χ1) is 21.8. The Labute approximate surface area is 273 Å². The lowest BCUT2D eigenvalue weighted by Crippen LogP contribution is -2.42. The standard InChI is InChI=1S/C33H25BrFN3O5S2/c34-15-6-11-22(43-14-23(39)36-17-4-2-1-3-5-17)19(12-15)24-25-20-13-21(28(25)44-30-29(24)45-33(42)37-30)27-26(20)31(40)38(32(27)41)18-9-7-16(35)8-10-18/h1-12,20-21,24-28H,13-14H2,(H,36,39)(H,37,42)/t20-,21-,24+,25-,26+,27+,28-/m1/s1. The van der Waals surface area contributed by atoms with E-state index in [1.54, 1.807) is 23.9 Å². The van der Waals surface area contributed by atoms with Crippen LogP contribution in [0, 0.1) is 35.4 Å². The molecule has 0 radical (unpaired) electrons. The van der Waals surface area contributed by atoms with Crippen LogP contribution in [0.3, 0.4) is 0 Å². The van der Waals surface area contributed by atoms with Gasteiger partial charge in [-0.3, -0.25) is 24.1 Å². The zero-order valence-electron chi connectivity index (χ0n) is 23.4. The van der Waals surface area contributed by atoms with Crippen molar-refractivity contribution in [3.05, 3.63) is 103 Å². The van der Waals surface area contributed by atoms with Crippen LogP contribution in [-0.2, 0) is 14.4 Å². The largest absolute Gasteiger partial charge is 0.483 e. The van der Waals surface area contributed by atoms with Crippen LogP contribution in [-0.4, -0.2) is 34.6 Å². The van der Waals surface area contributed by atoms with Crippen molar-refractivity contribution in [2.24, 2.45) is 29.6 Å². The van der Waals surface area contributed by atoms with E-state index < -0.39 is 17.7 Å². The number of imide groups is 1. The van der Waals surface area contributed by atoms with Gasteiger partial charge in [0.1, 0.15) is 11.6 Å². The van der Waals surface area contributed by atoms with E-state index in [2.05, 4.69) is 26.2 Å². The number of carbonyl (C=O) groups excluding carboxylic acids is 3. The molecule has 2 saturated carbocycles. The number of hydrogen-bond donors (Lipinski definition) is 2. The molecule has 3 amide bonds. The lowest BCUT2D eigenvalue weighted by molar-refractivity contribution is -0.123. The molecule has 2 aliphatic heterocycles. The SMILES string of the molecule is O=C(COc1ccc(Br)cc1[C@@H]1c2sc(=O)[nH]c2S[C@@H]2[C@@H]3C[C@@H]([C@@H]4C(=O)N(c5ccc(F)cc5)C(=O)[C@@H]34)[C@H]12)Nc1ccccc1. The number of fused-ring (bicyclic) bond motifs is 9. The summed E-state index contributed by atoms with van der Waals surface area (Å²) < 4.78 is 20.6. The molecule has 4 aromatic rings. The number of aromatic nitrogens is 1. The fourth-order valence-corrected chi connectivity index (χ4v) is 11.2. The van der Waals surface area contributed by atoms with Crippen molar-refractivity contribution in [2.45, 2.75) is 22.6 Å². The maximum Gasteiger partial charge on any atom is 0.305 e. The lowest BCUT2D eigenvalue weighted by Gasteiger charge is -2.43. The Balaban J connectivity index is 1.15. The summed E-state index contributed by atoms with van der Waals surface area (Å²) in [5.74, 6) is -2.19. The number of para-hydroxylation sites is 1. The van der Waals surface area contributed by atoms with Crippen molar-refractivity contribution < 1.29 is 23.5 Å². The molecular formula is C33H25BrFN3O5S2. The average molecular weight is 707 g/mol. The predicted molar refractivity (Wildman–Crippen MR) is 172 cm³/mol. The van der Waals surface area contributed by atoms with E-state index >= 15 is 0 Å². The fraction of sp³-hybridized carbons (Fsp3) is 0.273. The molecule has 2 aliphatic carbocycles. The predicted octanol–water partition coefficient (Wildman–Crippen LogP) is 6.03. The number of aromatic amines is 1. The maximum atomic E-state index is 14.0. The Morgan fingerprint density at radius 1 is 1.00 bits per heavy atom. The molecule has 0 unspecified atom stereocenters. The van der Waals surface area contributed by atoms with Crippen LogP contribution in [0.2, 0.25) is 0 Å². The van der Waals surface area contributed by atoms with E-state index in [4.69, 9.17) is 4.74 Å². The van der Waals surface area contributed by atoms with E-state index in [1.807, 2.05) is 36.4 Å². The summed E-state index contributed by atoms with van der Waals surface area (Å²) in [4.78, 5) is 58.2. The van der Waals surface area contributed by atoms with Crippen molar-refractivity contribution in [1.29, 1.82) is 0 Å². The van der Waals surface area contributed by atoms with Crippen LogP contribution >= 0.6 is 39.0 Å². The highest BCUT2D eigenvalue weighted by Gasteiger charge is 2.69. The first-order valence-corrected chi connectivity index (χ1v) is 17.1. The Morgan fingerprint density at radius 2 is 1.73 bits per heavy atom. The number of hydrogen-bond acceptors (Lipinski definition) is 7. The van der Waals surface area contributed by atoms with Gasteiger partial charge >= 0.3 is 4.87 Å². The molecule has 7 atom stereocenters. The third-order valence-corrected chi connectivity index (χ3v) is 12.6. The van der Waals surface area contributed by atoms with Crippen LogP contribution < -0.4 is 19.8 Å². The molecule has 0 spiro atoms. The normalized spacial score (nSPS) is 27.7. The molecule has 2 N–H and O–H groups in total. The first-order valence-electron chi connectivity index (χ1n) is 14.6. The molecule has 228 valence electrons. The van der Waals surface area contributed by atoms with Gasteiger partial charge in [-0.15, -0.1) is 11.8 Å². The van der Waals surface area contributed by atoms with E-state index in [9.17, 15) is 23.6 Å². The number of halogens is 2. The number of anilines is 2. The van der Waals surface area contributed by atoms with Crippen LogP contribution in [0.15, 0.2) is 87.1 Å². The Kier molecular flexibility index (Phi) is 6.99. The molecule has 2 bridgehead atoms. The zero-order chi connectivity index (χ0) is 31.0. The molecule has 8 rings (SSSR count). The quantitative estimate of drug-likeness (QED) is 0.237. The van der Waals surface area contributed by atoms with Crippen molar-refractivity contribution in [2.75, 3.05) is 16.8 Å². The molecule has 1 saturated heterocycles. The maximum absolute atomic E-state index is 14.0. The van der Waals surface area contributed by atoms with Crippen molar-refractivity contribution in [3.8, 4) is 5.75 Å². The van der Waals surface area contributed by atoms with E-state index in [-0.39, 0.29) is 58.1 Å². The minimum atomic E-state index is -0.498. The van der Waals surface area contributed by atoms with Gasteiger partial charge in [-0.1, -0.05) is 45.5 Å². The first kappa shape index (κ1) is 28.7. The molecule has 1 aromatic heterocycles. The van der Waals surface area contributed by atoms with Gasteiger partial charge in [0.25, 0.3) is 5.91 Å². The molecule has 4 aliphatic rings. The number of thiazole rings is 1. The highest BCUT2D eigenvalue weighted by atomic mass is 79.9. The van der Waals surface area contributed by atoms with Crippen molar-refractivity contribution in [1.82, 2.24) is 4.98 Å². The summed E-state index contributed by atoms with van der Waals surface area (Å²) in [6.45, 7) is -0.217. The summed E-state index contributed by atoms with van der Waals surface area (Å²) in [5.41, 5.74) is 1.87. The lowest BCUT2D eigenvalue weighted by atomic mass is 9.68. The number of nitrogens with one attached hydrogen (secondary N) is 2. The molecule has 3 fully saturated rings. The van der Waals surface area contributed by atoms with E-state index in [0.29, 0.717) is 17.1 Å². The summed E-state index contributed by atoms with van der Waals surface area (Å²) in [7, 11) is 0. The summed E-state index contributed by atoms with van der Waals surface area (Å²) in [5, 5.41) is 3.60. The van der Waals surface area contributed by atoms with Gasteiger partial charge in [0.2, 0.25) is 11.8 Å². The molecule has 3 aromatic carbocycles. The number of amides is 3. The highest BCUT2D eigenvalue weighted by Crippen LogP contribution is 2.69.